The van der Waals surface area contributed by atoms with Gasteiger partial charge < -0.3 is 0 Å². The molecule has 0 aliphatic rings. The second-order valence-corrected chi connectivity index (χ2v) is 2.22. The van der Waals surface area contributed by atoms with Crippen LogP contribution in [0.25, 0.3) is 0 Å². The summed E-state index contributed by atoms with van der Waals surface area (Å²) in [5, 5.41) is 0. The summed E-state index contributed by atoms with van der Waals surface area (Å²) in [7, 11) is 0. The van der Waals surface area contributed by atoms with Crippen molar-refractivity contribution < 1.29 is 0 Å². The summed E-state index contributed by atoms with van der Waals surface area (Å²) in [6, 6.07) is 0. The SMILES string of the molecule is C=CC(=CC=CC)CCC. The van der Waals surface area contributed by atoms with Crippen LogP contribution in [0.15, 0.2) is 36.5 Å². The van der Waals surface area contributed by atoms with Gasteiger partial charge in [-0.3, -0.25) is 0 Å². The summed E-state index contributed by atoms with van der Waals surface area (Å²) in [5.74, 6) is 0. The van der Waals surface area contributed by atoms with Gasteiger partial charge in [-0.25, -0.2) is 0 Å². The Bertz CT molecular complexity index is 138. The molecule has 0 N–H and O–H groups in total. The maximum atomic E-state index is 3.73. The molecule has 0 fully saturated rings. The molecule has 0 atom stereocenters. The van der Waals surface area contributed by atoms with Gasteiger partial charge in [-0.1, -0.05) is 44.2 Å². The zero-order valence-corrected chi connectivity index (χ0v) is 6.93. The lowest BCUT2D eigenvalue weighted by atomic mass is 10.1. The van der Waals surface area contributed by atoms with Gasteiger partial charge in [-0.15, -0.1) is 0 Å². The largest absolute Gasteiger partial charge is 0.0988 e. The standard InChI is InChI=1S/C10H16/c1-4-7-9-10(6-3)8-5-2/h4,6-7,9H,3,5,8H2,1-2H3. The van der Waals surface area contributed by atoms with Crippen LogP contribution in [0.4, 0.5) is 0 Å². The molecule has 56 valence electrons. The highest BCUT2D eigenvalue weighted by molar-refractivity contribution is 5.21. The molecule has 0 aromatic carbocycles. The molecule has 0 aromatic rings. The van der Waals surface area contributed by atoms with Crippen molar-refractivity contribution in [3.05, 3.63) is 36.5 Å². The van der Waals surface area contributed by atoms with Gasteiger partial charge in [0.15, 0.2) is 0 Å². The van der Waals surface area contributed by atoms with Crippen LogP contribution in [0.1, 0.15) is 26.7 Å². The Morgan fingerprint density at radius 3 is 2.60 bits per heavy atom. The highest BCUT2D eigenvalue weighted by Gasteiger charge is 1.84. The first-order valence-electron chi connectivity index (χ1n) is 3.79. The number of allylic oxidation sites excluding steroid dienone is 5. The molecule has 0 aromatic heterocycles. The minimum absolute atomic E-state index is 1.13. The lowest BCUT2D eigenvalue weighted by molar-refractivity contribution is 0.927. The average molecular weight is 136 g/mol. The molecule has 0 rings (SSSR count). The van der Waals surface area contributed by atoms with Crippen molar-refractivity contribution in [3.8, 4) is 0 Å². The molecule has 0 heteroatoms. The third-order valence-corrected chi connectivity index (χ3v) is 1.30. The van der Waals surface area contributed by atoms with E-state index in [1.54, 1.807) is 0 Å². The second-order valence-electron chi connectivity index (χ2n) is 2.22. The maximum absolute atomic E-state index is 3.73. The van der Waals surface area contributed by atoms with Gasteiger partial charge in [0.05, 0.1) is 0 Å². The fourth-order valence-corrected chi connectivity index (χ4v) is 0.762. The zero-order valence-electron chi connectivity index (χ0n) is 6.93. The fourth-order valence-electron chi connectivity index (χ4n) is 0.762. The lowest BCUT2D eigenvalue weighted by Crippen LogP contribution is -1.74. The van der Waals surface area contributed by atoms with Crippen LogP contribution in [-0.4, -0.2) is 0 Å². The summed E-state index contributed by atoms with van der Waals surface area (Å²) >= 11 is 0. The van der Waals surface area contributed by atoms with Gasteiger partial charge in [0.1, 0.15) is 0 Å². The van der Waals surface area contributed by atoms with Gasteiger partial charge in [-0.2, -0.15) is 0 Å². The molecule has 0 bridgehead atoms. The van der Waals surface area contributed by atoms with Crippen LogP contribution in [0, 0.1) is 0 Å². The molecule has 0 amide bonds. The second kappa shape index (κ2) is 6.34. The lowest BCUT2D eigenvalue weighted by Gasteiger charge is -1.94. The van der Waals surface area contributed by atoms with E-state index in [4.69, 9.17) is 0 Å². The first-order valence-corrected chi connectivity index (χ1v) is 3.79. The Hall–Kier alpha value is -0.780. The molecule has 0 nitrogen and oxygen atoms in total. The Morgan fingerprint density at radius 2 is 2.20 bits per heavy atom. The summed E-state index contributed by atoms with van der Waals surface area (Å²) < 4.78 is 0. The Balaban J connectivity index is 3.90. The van der Waals surface area contributed by atoms with Gasteiger partial charge in [0.2, 0.25) is 0 Å². The van der Waals surface area contributed by atoms with Crippen molar-refractivity contribution in [3.63, 3.8) is 0 Å². The monoisotopic (exact) mass is 136 g/mol. The molecule has 0 heterocycles. The molecular weight excluding hydrogens is 120 g/mol. The van der Waals surface area contributed by atoms with Crippen LogP contribution < -0.4 is 0 Å². The fraction of sp³-hybridized carbons (Fsp3) is 0.400. The first-order chi connectivity index (χ1) is 4.85. The number of hydrogen-bond donors (Lipinski definition) is 0. The van der Waals surface area contributed by atoms with Crippen LogP contribution in [0.5, 0.6) is 0 Å². The summed E-state index contributed by atoms with van der Waals surface area (Å²) in [6.07, 6.45) is 10.4. The Morgan fingerprint density at radius 1 is 1.50 bits per heavy atom. The van der Waals surface area contributed by atoms with Crippen molar-refractivity contribution in [1.29, 1.82) is 0 Å². The number of rotatable bonds is 4. The molecule has 0 aliphatic carbocycles. The Kier molecular flexibility index (Phi) is 5.85. The van der Waals surface area contributed by atoms with E-state index in [0.29, 0.717) is 0 Å². The van der Waals surface area contributed by atoms with Crippen molar-refractivity contribution >= 4 is 0 Å². The van der Waals surface area contributed by atoms with E-state index in [-0.39, 0.29) is 0 Å². The molecule has 0 spiro atoms. The van der Waals surface area contributed by atoms with Gasteiger partial charge >= 0.3 is 0 Å². The van der Waals surface area contributed by atoms with E-state index in [1.807, 2.05) is 25.2 Å². The van der Waals surface area contributed by atoms with E-state index in [0.717, 1.165) is 6.42 Å². The van der Waals surface area contributed by atoms with E-state index >= 15 is 0 Å². The van der Waals surface area contributed by atoms with Gasteiger partial charge in [-0.05, 0) is 18.9 Å². The zero-order chi connectivity index (χ0) is 7.82. The van der Waals surface area contributed by atoms with Crippen LogP contribution in [-0.2, 0) is 0 Å². The minimum atomic E-state index is 1.13. The minimum Gasteiger partial charge on any atom is -0.0988 e. The predicted molar refractivity (Wildman–Crippen MR) is 48.0 cm³/mol. The highest BCUT2D eigenvalue weighted by Crippen LogP contribution is 2.04. The van der Waals surface area contributed by atoms with Crippen molar-refractivity contribution in [2.75, 3.05) is 0 Å². The van der Waals surface area contributed by atoms with Crippen LogP contribution in [0.3, 0.4) is 0 Å². The van der Waals surface area contributed by atoms with Gasteiger partial charge in [0.25, 0.3) is 0 Å². The summed E-state index contributed by atoms with van der Waals surface area (Å²) in [4.78, 5) is 0. The van der Waals surface area contributed by atoms with E-state index in [9.17, 15) is 0 Å². The predicted octanol–water partition coefficient (Wildman–Crippen LogP) is 3.48. The highest BCUT2D eigenvalue weighted by atomic mass is 13.9. The van der Waals surface area contributed by atoms with E-state index < -0.39 is 0 Å². The maximum Gasteiger partial charge on any atom is -0.0282 e. The third kappa shape index (κ3) is 4.13. The average Bonchev–Trinajstić information content (AvgIpc) is 1.98. The van der Waals surface area contributed by atoms with Crippen LogP contribution >= 0.6 is 0 Å². The van der Waals surface area contributed by atoms with Crippen LogP contribution in [0.2, 0.25) is 0 Å². The topological polar surface area (TPSA) is 0 Å². The third-order valence-electron chi connectivity index (χ3n) is 1.30. The van der Waals surface area contributed by atoms with Crippen molar-refractivity contribution in [2.24, 2.45) is 0 Å². The molecule has 10 heavy (non-hydrogen) atoms. The Labute approximate surface area is 64.0 Å². The first kappa shape index (κ1) is 9.22. The van der Waals surface area contributed by atoms with E-state index in [2.05, 4.69) is 19.6 Å². The molecule has 0 unspecified atom stereocenters. The molecular formula is C10H16. The molecule has 0 saturated heterocycles. The molecule has 0 saturated carbocycles. The van der Waals surface area contributed by atoms with E-state index in [1.165, 1.54) is 12.0 Å². The smallest absolute Gasteiger partial charge is 0.0282 e. The normalized spacial score (nSPS) is 12.4. The van der Waals surface area contributed by atoms with Crippen molar-refractivity contribution in [2.45, 2.75) is 26.7 Å². The van der Waals surface area contributed by atoms with Gasteiger partial charge in [0, 0.05) is 0 Å². The van der Waals surface area contributed by atoms with Crippen molar-refractivity contribution in [1.82, 2.24) is 0 Å². The summed E-state index contributed by atoms with van der Waals surface area (Å²) in [6.45, 7) is 7.92. The summed E-state index contributed by atoms with van der Waals surface area (Å²) in [5.41, 5.74) is 1.32. The quantitative estimate of drug-likeness (QED) is 0.519. The molecule has 0 aliphatic heterocycles. The number of hydrogen-bond acceptors (Lipinski definition) is 0. The molecule has 0 radical (unpaired) electrons.